The molecule has 0 amide bonds. The highest BCUT2D eigenvalue weighted by Gasteiger charge is 2.32. The first kappa shape index (κ1) is 16.4. The van der Waals surface area contributed by atoms with Gasteiger partial charge in [0.15, 0.2) is 0 Å². The van der Waals surface area contributed by atoms with Gasteiger partial charge >= 0.3 is 0 Å². The molecule has 2 N–H and O–H groups in total. The highest BCUT2D eigenvalue weighted by atomic mass is 35.5. The summed E-state index contributed by atoms with van der Waals surface area (Å²) >= 11 is 0. The fourth-order valence-electron chi connectivity index (χ4n) is 2.50. The number of benzene rings is 1. The van der Waals surface area contributed by atoms with Crippen LogP contribution in [-0.4, -0.2) is 31.9 Å². The standard InChI is InChI=1S/C13H20N2O2S.ClH/c14-10-9-12-6-4-5-11-15(12)18(16,17)13-7-2-1-3-8-13;/h1-3,7-8,12H,4-6,9-11,14H2;1H. The van der Waals surface area contributed by atoms with Crippen molar-refractivity contribution < 1.29 is 8.42 Å². The van der Waals surface area contributed by atoms with Crippen LogP contribution in [0.3, 0.4) is 0 Å². The van der Waals surface area contributed by atoms with E-state index >= 15 is 0 Å². The smallest absolute Gasteiger partial charge is 0.243 e. The van der Waals surface area contributed by atoms with Crippen molar-refractivity contribution in [3.63, 3.8) is 0 Å². The fraction of sp³-hybridized carbons (Fsp3) is 0.538. The Morgan fingerprint density at radius 2 is 1.89 bits per heavy atom. The number of sulfonamides is 1. The predicted molar refractivity (Wildman–Crippen MR) is 78.9 cm³/mol. The third-order valence-corrected chi connectivity index (χ3v) is 5.39. The number of nitrogens with two attached hydrogens (primary N) is 1. The van der Waals surface area contributed by atoms with E-state index in [1.165, 1.54) is 0 Å². The molecule has 2 rings (SSSR count). The largest absolute Gasteiger partial charge is 0.330 e. The second kappa shape index (κ2) is 7.24. The van der Waals surface area contributed by atoms with Gasteiger partial charge in [-0.15, -0.1) is 12.4 Å². The van der Waals surface area contributed by atoms with Crippen LogP contribution in [0.4, 0.5) is 0 Å². The molecule has 0 saturated carbocycles. The molecule has 0 radical (unpaired) electrons. The molecular formula is C13H21ClN2O2S. The second-order valence-electron chi connectivity index (χ2n) is 4.66. The van der Waals surface area contributed by atoms with E-state index in [4.69, 9.17) is 5.73 Å². The first-order valence-corrected chi connectivity index (χ1v) is 7.87. The topological polar surface area (TPSA) is 63.4 Å². The lowest BCUT2D eigenvalue weighted by atomic mass is 10.0. The number of nitrogens with zero attached hydrogens (tertiary/aromatic N) is 1. The highest BCUT2D eigenvalue weighted by Crippen LogP contribution is 2.26. The van der Waals surface area contributed by atoms with E-state index in [0.29, 0.717) is 18.0 Å². The molecule has 108 valence electrons. The predicted octanol–water partition coefficient (Wildman–Crippen LogP) is 2.00. The van der Waals surface area contributed by atoms with Crippen molar-refractivity contribution in [2.75, 3.05) is 13.1 Å². The zero-order valence-corrected chi connectivity index (χ0v) is 12.5. The normalized spacial score (nSPS) is 20.8. The Morgan fingerprint density at radius 3 is 2.53 bits per heavy atom. The van der Waals surface area contributed by atoms with E-state index in [9.17, 15) is 8.42 Å². The number of rotatable bonds is 4. The SMILES string of the molecule is Cl.NCCC1CCCCN1S(=O)(=O)c1ccccc1. The van der Waals surface area contributed by atoms with Crippen molar-refractivity contribution in [1.82, 2.24) is 4.31 Å². The molecule has 0 spiro atoms. The number of hydrogen-bond donors (Lipinski definition) is 1. The molecule has 0 aromatic heterocycles. The molecule has 1 unspecified atom stereocenters. The maximum absolute atomic E-state index is 12.6. The van der Waals surface area contributed by atoms with Crippen LogP contribution >= 0.6 is 12.4 Å². The molecule has 4 nitrogen and oxygen atoms in total. The lowest BCUT2D eigenvalue weighted by Crippen LogP contribution is -2.44. The molecular weight excluding hydrogens is 284 g/mol. The number of piperidine rings is 1. The van der Waals surface area contributed by atoms with Crippen LogP contribution in [-0.2, 0) is 10.0 Å². The van der Waals surface area contributed by atoms with Crippen molar-refractivity contribution in [2.24, 2.45) is 5.73 Å². The van der Waals surface area contributed by atoms with Gasteiger partial charge in [0.25, 0.3) is 0 Å². The Balaban J connectivity index is 0.00000180. The molecule has 1 fully saturated rings. The molecule has 1 aromatic rings. The summed E-state index contributed by atoms with van der Waals surface area (Å²) in [6, 6.07) is 8.72. The van der Waals surface area contributed by atoms with E-state index in [-0.39, 0.29) is 18.4 Å². The van der Waals surface area contributed by atoms with Gasteiger partial charge in [0.05, 0.1) is 4.90 Å². The van der Waals surface area contributed by atoms with Crippen LogP contribution in [0, 0.1) is 0 Å². The van der Waals surface area contributed by atoms with Gasteiger partial charge in [-0.05, 0) is 37.9 Å². The third-order valence-electron chi connectivity index (χ3n) is 3.42. The van der Waals surface area contributed by atoms with E-state index in [0.717, 1.165) is 25.7 Å². The van der Waals surface area contributed by atoms with Gasteiger partial charge in [0.1, 0.15) is 0 Å². The zero-order valence-electron chi connectivity index (χ0n) is 10.9. The molecule has 1 atom stereocenters. The average Bonchev–Trinajstić information content (AvgIpc) is 2.41. The summed E-state index contributed by atoms with van der Waals surface area (Å²) < 4.78 is 26.8. The Hall–Kier alpha value is -0.620. The van der Waals surface area contributed by atoms with Crippen LogP contribution in [0.25, 0.3) is 0 Å². The van der Waals surface area contributed by atoms with Crippen molar-refractivity contribution in [2.45, 2.75) is 36.6 Å². The monoisotopic (exact) mass is 304 g/mol. The summed E-state index contributed by atoms with van der Waals surface area (Å²) in [7, 11) is -3.36. The molecule has 6 heteroatoms. The molecule has 1 aliphatic rings. The van der Waals surface area contributed by atoms with E-state index in [1.54, 1.807) is 28.6 Å². The molecule has 1 aromatic carbocycles. The maximum Gasteiger partial charge on any atom is 0.243 e. The summed E-state index contributed by atoms with van der Waals surface area (Å²) in [4.78, 5) is 0.383. The first-order chi connectivity index (χ1) is 8.66. The van der Waals surface area contributed by atoms with E-state index < -0.39 is 10.0 Å². The molecule has 19 heavy (non-hydrogen) atoms. The van der Waals surface area contributed by atoms with Crippen LogP contribution < -0.4 is 5.73 Å². The van der Waals surface area contributed by atoms with Crippen molar-refractivity contribution in [1.29, 1.82) is 0 Å². The van der Waals surface area contributed by atoms with Gasteiger partial charge in [-0.25, -0.2) is 8.42 Å². The summed E-state index contributed by atoms with van der Waals surface area (Å²) in [5, 5.41) is 0. The number of hydrogen-bond acceptors (Lipinski definition) is 3. The molecule has 1 aliphatic heterocycles. The minimum atomic E-state index is -3.36. The summed E-state index contributed by atoms with van der Waals surface area (Å²) in [5.74, 6) is 0. The van der Waals surface area contributed by atoms with Gasteiger partial charge in [-0.3, -0.25) is 0 Å². The third kappa shape index (κ3) is 3.69. The average molecular weight is 305 g/mol. The summed E-state index contributed by atoms with van der Waals surface area (Å²) in [6.07, 6.45) is 3.69. The van der Waals surface area contributed by atoms with Crippen molar-refractivity contribution >= 4 is 22.4 Å². The Labute approximate surface area is 121 Å². The van der Waals surface area contributed by atoms with Gasteiger partial charge in [0.2, 0.25) is 10.0 Å². The van der Waals surface area contributed by atoms with Gasteiger partial charge in [-0.1, -0.05) is 24.6 Å². The van der Waals surface area contributed by atoms with Gasteiger partial charge < -0.3 is 5.73 Å². The maximum atomic E-state index is 12.6. The van der Waals surface area contributed by atoms with E-state index in [1.807, 2.05) is 6.07 Å². The lowest BCUT2D eigenvalue weighted by Gasteiger charge is -2.34. The summed E-state index contributed by atoms with van der Waals surface area (Å²) in [5.41, 5.74) is 5.58. The Kier molecular flexibility index (Phi) is 6.26. The van der Waals surface area contributed by atoms with Gasteiger partial charge in [0, 0.05) is 12.6 Å². The molecule has 1 heterocycles. The minimum absolute atomic E-state index is 0. The van der Waals surface area contributed by atoms with Crippen LogP contribution in [0.15, 0.2) is 35.2 Å². The minimum Gasteiger partial charge on any atom is -0.330 e. The molecule has 1 saturated heterocycles. The summed E-state index contributed by atoms with van der Waals surface area (Å²) in [6.45, 7) is 1.15. The van der Waals surface area contributed by atoms with Crippen LogP contribution in [0.2, 0.25) is 0 Å². The Bertz CT molecular complexity index is 477. The first-order valence-electron chi connectivity index (χ1n) is 6.43. The van der Waals surface area contributed by atoms with Crippen molar-refractivity contribution in [3.8, 4) is 0 Å². The van der Waals surface area contributed by atoms with Crippen LogP contribution in [0.5, 0.6) is 0 Å². The second-order valence-corrected chi connectivity index (χ2v) is 6.55. The lowest BCUT2D eigenvalue weighted by molar-refractivity contribution is 0.243. The quantitative estimate of drug-likeness (QED) is 0.925. The Morgan fingerprint density at radius 1 is 1.21 bits per heavy atom. The van der Waals surface area contributed by atoms with Gasteiger partial charge in [-0.2, -0.15) is 4.31 Å². The zero-order chi connectivity index (χ0) is 13.0. The highest BCUT2D eigenvalue weighted by molar-refractivity contribution is 7.89. The fourth-order valence-corrected chi connectivity index (χ4v) is 4.24. The van der Waals surface area contributed by atoms with E-state index in [2.05, 4.69) is 0 Å². The van der Waals surface area contributed by atoms with Crippen LogP contribution in [0.1, 0.15) is 25.7 Å². The molecule has 0 bridgehead atoms. The number of halogens is 1. The van der Waals surface area contributed by atoms with Crippen molar-refractivity contribution in [3.05, 3.63) is 30.3 Å². The molecule has 0 aliphatic carbocycles.